The standard InChI is InChI=1S/C14H16ClNO3/c1-3-18-14(17)9(2)13-16-8-12(19-13)10-5-4-6-11(15)7-10/h4-7,9,12H,3,8H2,1-2H3. The van der Waals surface area contributed by atoms with E-state index in [0.29, 0.717) is 24.1 Å². The van der Waals surface area contributed by atoms with E-state index in [1.165, 1.54) is 0 Å². The zero-order chi connectivity index (χ0) is 13.8. The predicted molar refractivity (Wildman–Crippen MR) is 73.4 cm³/mol. The average molecular weight is 282 g/mol. The molecule has 4 nitrogen and oxygen atoms in total. The van der Waals surface area contributed by atoms with E-state index >= 15 is 0 Å². The third-order valence-corrected chi connectivity index (χ3v) is 3.14. The molecule has 0 aliphatic carbocycles. The van der Waals surface area contributed by atoms with Crippen molar-refractivity contribution in [2.75, 3.05) is 13.2 Å². The van der Waals surface area contributed by atoms with Crippen molar-refractivity contribution in [2.45, 2.75) is 20.0 Å². The van der Waals surface area contributed by atoms with Crippen molar-refractivity contribution < 1.29 is 14.3 Å². The molecule has 19 heavy (non-hydrogen) atoms. The fourth-order valence-corrected chi connectivity index (χ4v) is 2.08. The monoisotopic (exact) mass is 281 g/mol. The van der Waals surface area contributed by atoms with Gasteiger partial charge in [0.2, 0.25) is 0 Å². The topological polar surface area (TPSA) is 47.9 Å². The molecule has 0 saturated carbocycles. The molecule has 0 N–H and O–H groups in total. The first-order valence-corrected chi connectivity index (χ1v) is 6.62. The molecule has 5 heteroatoms. The Morgan fingerprint density at radius 1 is 1.63 bits per heavy atom. The molecular weight excluding hydrogens is 266 g/mol. The minimum absolute atomic E-state index is 0.175. The number of esters is 1. The summed E-state index contributed by atoms with van der Waals surface area (Å²) in [6.07, 6.45) is -0.175. The van der Waals surface area contributed by atoms with Crippen LogP contribution in [0.25, 0.3) is 0 Å². The molecule has 0 bridgehead atoms. The minimum atomic E-state index is -0.468. The first kappa shape index (κ1) is 13.9. The number of halogens is 1. The molecule has 1 aromatic rings. The highest BCUT2D eigenvalue weighted by Gasteiger charge is 2.30. The molecule has 0 fully saturated rings. The van der Waals surface area contributed by atoms with Gasteiger partial charge in [-0.3, -0.25) is 9.79 Å². The Balaban J connectivity index is 2.01. The van der Waals surface area contributed by atoms with Gasteiger partial charge in [-0.15, -0.1) is 0 Å². The maximum absolute atomic E-state index is 11.6. The molecule has 1 heterocycles. The largest absolute Gasteiger partial charge is 0.470 e. The smallest absolute Gasteiger partial charge is 0.318 e. The number of carbonyl (C=O) groups is 1. The van der Waals surface area contributed by atoms with Gasteiger partial charge in [0.1, 0.15) is 12.0 Å². The molecule has 102 valence electrons. The van der Waals surface area contributed by atoms with Crippen molar-refractivity contribution in [3.63, 3.8) is 0 Å². The number of ether oxygens (including phenoxy) is 2. The van der Waals surface area contributed by atoms with Gasteiger partial charge < -0.3 is 9.47 Å². The van der Waals surface area contributed by atoms with Crippen LogP contribution in [0.4, 0.5) is 0 Å². The molecule has 1 aromatic carbocycles. The Bertz CT molecular complexity index is 501. The molecule has 2 atom stereocenters. The van der Waals surface area contributed by atoms with Gasteiger partial charge in [0, 0.05) is 5.02 Å². The van der Waals surface area contributed by atoms with E-state index in [0.717, 1.165) is 5.56 Å². The predicted octanol–water partition coefficient (Wildman–Crippen LogP) is 3.01. The highest BCUT2D eigenvalue weighted by Crippen LogP contribution is 2.27. The summed E-state index contributed by atoms with van der Waals surface area (Å²) in [5.41, 5.74) is 0.960. The van der Waals surface area contributed by atoms with Gasteiger partial charge in [0.05, 0.1) is 13.2 Å². The van der Waals surface area contributed by atoms with E-state index in [2.05, 4.69) is 4.99 Å². The summed E-state index contributed by atoms with van der Waals surface area (Å²) in [7, 11) is 0. The molecule has 0 radical (unpaired) electrons. The van der Waals surface area contributed by atoms with Gasteiger partial charge in [-0.1, -0.05) is 23.7 Å². The van der Waals surface area contributed by atoms with E-state index in [1.807, 2.05) is 24.3 Å². The van der Waals surface area contributed by atoms with E-state index < -0.39 is 5.92 Å². The SMILES string of the molecule is CCOC(=O)C(C)C1=NCC(c2cccc(Cl)c2)O1. The van der Waals surface area contributed by atoms with Crippen molar-refractivity contribution >= 4 is 23.5 Å². The summed E-state index contributed by atoms with van der Waals surface area (Å²) in [6, 6.07) is 7.46. The van der Waals surface area contributed by atoms with E-state index in [9.17, 15) is 4.79 Å². The number of carbonyl (C=O) groups excluding carboxylic acids is 1. The lowest BCUT2D eigenvalue weighted by Crippen LogP contribution is -2.24. The van der Waals surface area contributed by atoms with E-state index in [4.69, 9.17) is 21.1 Å². The minimum Gasteiger partial charge on any atom is -0.470 e. The maximum atomic E-state index is 11.6. The van der Waals surface area contributed by atoms with Gasteiger partial charge in [0.25, 0.3) is 0 Å². The van der Waals surface area contributed by atoms with Crippen molar-refractivity contribution in [3.8, 4) is 0 Å². The van der Waals surface area contributed by atoms with Gasteiger partial charge in [0.15, 0.2) is 5.90 Å². The molecule has 0 spiro atoms. The van der Waals surface area contributed by atoms with Gasteiger partial charge >= 0.3 is 5.97 Å². The Morgan fingerprint density at radius 2 is 2.42 bits per heavy atom. The van der Waals surface area contributed by atoms with Crippen LogP contribution in [0.1, 0.15) is 25.5 Å². The van der Waals surface area contributed by atoms with Crippen LogP contribution in [0.5, 0.6) is 0 Å². The average Bonchev–Trinajstić information content (AvgIpc) is 2.87. The maximum Gasteiger partial charge on any atom is 0.318 e. The van der Waals surface area contributed by atoms with Crippen molar-refractivity contribution in [1.82, 2.24) is 0 Å². The number of hydrogen-bond donors (Lipinski definition) is 0. The van der Waals surface area contributed by atoms with Crippen LogP contribution in [0.15, 0.2) is 29.3 Å². The molecule has 0 amide bonds. The van der Waals surface area contributed by atoms with Crippen LogP contribution in [0, 0.1) is 5.92 Å². The van der Waals surface area contributed by atoms with Gasteiger partial charge in [-0.05, 0) is 31.5 Å². The fraction of sp³-hybridized carbons (Fsp3) is 0.429. The first-order valence-electron chi connectivity index (χ1n) is 6.25. The lowest BCUT2D eigenvalue weighted by molar-refractivity contribution is -0.145. The Labute approximate surface area is 117 Å². The first-order chi connectivity index (χ1) is 9.11. The summed E-state index contributed by atoms with van der Waals surface area (Å²) >= 11 is 5.95. The molecule has 2 unspecified atom stereocenters. The zero-order valence-electron chi connectivity index (χ0n) is 10.9. The summed E-state index contributed by atoms with van der Waals surface area (Å²) in [4.78, 5) is 15.9. The van der Waals surface area contributed by atoms with Crippen LogP contribution in [-0.4, -0.2) is 25.0 Å². The Kier molecular flexibility index (Phi) is 4.43. The molecular formula is C14H16ClNO3. The van der Waals surface area contributed by atoms with Crippen molar-refractivity contribution in [3.05, 3.63) is 34.9 Å². The summed E-state index contributed by atoms with van der Waals surface area (Å²) < 4.78 is 10.7. The highest BCUT2D eigenvalue weighted by molar-refractivity contribution is 6.30. The quantitative estimate of drug-likeness (QED) is 0.797. The van der Waals surface area contributed by atoms with Crippen molar-refractivity contribution in [2.24, 2.45) is 10.9 Å². The highest BCUT2D eigenvalue weighted by atomic mass is 35.5. The summed E-state index contributed by atoms with van der Waals surface area (Å²) in [5.74, 6) is -0.347. The van der Waals surface area contributed by atoms with Gasteiger partial charge in [-0.2, -0.15) is 0 Å². The van der Waals surface area contributed by atoms with E-state index in [-0.39, 0.29) is 12.1 Å². The number of benzene rings is 1. The molecule has 1 aliphatic rings. The van der Waals surface area contributed by atoms with Crippen LogP contribution in [-0.2, 0) is 14.3 Å². The Morgan fingerprint density at radius 3 is 3.11 bits per heavy atom. The zero-order valence-corrected chi connectivity index (χ0v) is 11.7. The molecule has 0 saturated heterocycles. The number of rotatable bonds is 4. The van der Waals surface area contributed by atoms with Crippen molar-refractivity contribution in [1.29, 1.82) is 0 Å². The number of aliphatic imine (C=N–C) groups is 1. The van der Waals surface area contributed by atoms with Crippen LogP contribution < -0.4 is 0 Å². The molecule has 2 rings (SSSR count). The number of nitrogens with zero attached hydrogens (tertiary/aromatic N) is 1. The molecule has 0 aromatic heterocycles. The lowest BCUT2D eigenvalue weighted by atomic mass is 10.1. The van der Waals surface area contributed by atoms with Crippen LogP contribution in [0.3, 0.4) is 0 Å². The second-order valence-corrected chi connectivity index (χ2v) is 4.75. The van der Waals surface area contributed by atoms with Gasteiger partial charge in [-0.25, -0.2) is 0 Å². The van der Waals surface area contributed by atoms with Crippen LogP contribution >= 0.6 is 11.6 Å². The Hall–Kier alpha value is -1.55. The second-order valence-electron chi connectivity index (χ2n) is 4.31. The fourth-order valence-electron chi connectivity index (χ4n) is 1.88. The molecule has 1 aliphatic heterocycles. The summed E-state index contributed by atoms with van der Waals surface area (Å²) in [6.45, 7) is 4.36. The van der Waals surface area contributed by atoms with Crippen LogP contribution in [0.2, 0.25) is 5.02 Å². The number of hydrogen-bond acceptors (Lipinski definition) is 4. The lowest BCUT2D eigenvalue weighted by Gasteiger charge is -2.14. The third-order valence-electron chi connectivity index (χ3n) is 2.91. The normalized spacial score (nSPS) is 19.5. The van der Waals surface area contributed by atoms with E-state index in [1.54, 1.807) is 13.8 Å². The third kappa shape index (κ3) is 3.26. The second kappa shape index (κ2) is 6.06. The summed E-state index contributed by atoms with van der Waals surface area (Å²) in [5, 5.41) is 0.660.